The summed E-state index contributed by atoms with van der Waals surface area (Å²) in [5, 5.41) is 0. The van der Waals surface area contributed by atoms with Gasteiger partial charge in [-0.05, 0) is 19.2 Å². The Morgan fingerprint density at radius 3 is 2.80 bits per heavy atom. The Bertz CT molecular complexity index is 147. The summed E-state index contributed by atoms with van der Waals surface area (Å²) >= 11 is 0. The maximum Gasteiger partial charge on any atom is 0.0310 e. The van der Waals surface area contributed by atoms with Crippen LogP contribution in [-0.2, 0) is 0 Å². The number of hydrogen-bond donors (Lipinski definition) is 0. The standard InChI is InChI=1S/C5H8/c1-2-4-5-3-1/h1-2H,3-5H2/i3D2,5D2. The highest BCUT2D eigenvalue weighted by atomic mass is 13.9. The van der Waals surface area contributed by atoms with Crippen molar-refractivity contribution in [3.63, 3.8) is 0 Å². The van der Waals surface area contributed by atoms with Crippen molar-refractivity contribution in [2.75, 3.05) is 0 Å². The molecule has 0 aliphatic heterocycles. The second-order valence-electron chi connectivity index (χ2n) is 0.928. The summed E-state index contributed by atoms with van der Waals surface area (Å²) in [6.07, 6.45) is -0.424. The second kappa shape index (κ2) is 1.25. The molecule has 5 heavy (non-hydrogen) atoms. The summed E-state index contributed by atoms with van der Waals surface area (Å²) in [5.74, 6) is 0. The molecule has 0 saturated heterocycles. The fourth-order valence-electron chi connectivity index (χ4n) is 0.295. The van der Waals surface area contributed by atoms with Gasteiger partial charge < -0.3 is 0 Å². The van der Waals surface area contributed by atoms with Crippen LogP contribution in [0.5, 0.6) is 0 Å². The second-order valence-corrected chi connectivity index (χ2v) is 0.928. The molecule has 0 nitrogen and oxygen atoms in total. The van der Waals surface area contributed by atoms with Crippen LogP contribution in [-0.4, -0.2) is 0 Å². The van der Waals surface area contributed by atoms with Gasteiger partial charge in [0.1, 0.15) is 0 Å². The normalized spacial score (nSPS) is 52.8. The molecule has 0 bridgehead atoms. The molecule has 1 rings (SSSR count). The molecule has 0 radical (unpaired) electrons. The average molecular weight is 72.1 g/mol. The quantitative estimate of drug-likeness (QED) is 0.382. The van der Waals surface area contributed by atoms with E-state index in [0.29, 0.717) is 0 Å². The Morgan fingerprint density at radius 1 is 1.60 bits per heavy atom. The minimum absolute atomic E-state index is 0.194. The van der Waals surface area contributed by atoms with Crippen molar-refractivity contribution in [2.45, 2.75) is 19.2 Å². The zero-order valence-corrected chi connectivity index (χ0v) is 2.86. The van der Waals surface area contributed by atoms with Crippen molar-refractivity contribution in [3.8, 4) is 0 Å². The Hall–Kier alpha value is -0.260. The predicted molar refractivity (Wildman–Crippen MR) is 23.0 cm³/mol. The van der Waals surface area contributed by atoms with Crippen molar-refractivity contribution >= 4 is 0 Å². The van der Waals surface area contributed by atoms with Gasteiger partial charge in [0.25, 0.3) is 0 Å². The fourth-order valence-corrected chi connectivity index (χ4v) is 0.295. The molecule has 1 aliphatic carbocycles. The topological polar surface area (TPSA) is 0 Å². The van der Waals surface area contributed by atoms with Crippen LogP contribution < -0.4 is 0 Å². The van der Waals surface area contributed by atoms with E-state index in [2.05, 4.69) is 0 Å². The maximum atomic E-state index is 7.12. The third-order valence-electron chi connectivity index (χ3n) is 0.523. The highest BCUT2D eigenvalue weighted by Crippen LogP contribution is 2.05. The fraction of sp³-hybridized carbons (Fsp3) is 0.600. The third-order valence-corrected chi connectivity index (χ3v) is 0.523. The van der Waals surface area contributed by atoms with Crippen molar-refractivity contribution in [3.05, 3.63) is 12.2 Å². The van der Waals surface area contributed by atoms with Crippen molar-refractivity contribution in [1.29, 1.82) is 0 Å². The minimum atomic E-state index is -1.76. The zero-order chi connectivity index (χ0) is 7.12. The first kappa shape index (κ1) is 0.868. The molecular formula is C5H8. The van der Waals surface area contributed by atoms with E-state index in [1.807, 2.05) is 0 Å². The van der Waals surface area contributed by atoms with Gasteiger partial charge in [0.2, 0.25) is 0 Å². The minimum Gasteiger partial charge on any atom is -0.0885 e. The number of rotatable bonds is 0. The molecule has 1 aliphatic rings. The molecule has 0 fully saturated rings. The van der Waals surface area contributed by atoms with Gasteiger partial charge in [-0.25, -0.2) is 0 Å². The van der Waals surface area contributed by atoms with Crippen LogP contribution in [0.15, 0.2) is 12.2 Å². The van der Waals surface area contributed by atoms with E-state index in [1.165, 1.54) is 6.08 Å². The maximum absolute atomic E-state index is 7.12. The molecule has 0 N–H and O–H groups in total. The van der Waals surface area contributed by atoms with Crippen molar-refractivity contribution in [2.24, 2.45) is 0 Å². The predicted octanol–water partition coefficient (Wildman–Crippen LogP) is 1.73. The largest absolute Gasteiger partial charge is 0.0885 e. The van der Waals surface area contributed by atoms with E-state index in [4.69, 9.17) is 5.48 Å². The Morgan fingerprint density at radius 2 is 2.60 bits per heavy atom. The average Bonchev–Trinajstić information content (AvgIpc) is 1.81. The summed E-state index contributed by atoms with van der Waals surface area (Å²) < 4.78 is 28.4. The lowest BCUT2D eigenvalue weighted by Crippen LogP contribution is -1.50. The molecule has 0 amide bonds. The van der Waals surface area contributed by atoms with Crippen LogP contribution in [0.4, 0.5) is 0 Å². The molecular weight excluding hydrogens is 60.1 g/mol. The van der Waals surface area contributed by atoms with Gasteiger partial charge in [-0.2, -0.15) is 0 Å². The summed E-state index contributed by atoms with van der Waals surface area (Å²) in [6.45, 7) is 0. The van der Waals surface area contributed by atoms with Crippen molar-refractivity contribution in [1.82, 2.24) is 0 Å². The molecule has 0 aromatic carbocycles. The lowest BCUT2D eigenvalue weighted by molar-refractivity contribution is 0.929. The highest BCUT2D eigenvalue weighted by Gasteiger charge is 1.84. The van der Waals surface area contributed by atoms with Crippen LogP contribution in [0.2, 0.25) is 0 Å². The van der Waals surface area contributed by atoms with E-state index >= 15 is 0 Å². The summed E-state index contributed by atoms with van der Waals surface area (Å²) in [6, 6.07) is 0. The molecule has 0 aromatic heterocycles. The van der Waals surface area contributed by atoms with E-state index in [0.717, 1.165) is 0 Å². The van der Waals surface area contributed by atoms with Gasteiger partial charge in [0, 0.05) is 5.48 Å². The van der Waals surface area contributed by atoms with Crippen LogP contribution in [0.25, 0.3) is 0 Å². The van der Waals surface area contributed by atoms with Gasteiger partial charge in [0.05, 0.1) is 0 Å². The SMILES string of the molecule is [2H]C1([2H])C=CCC1([2H])[2H]. The van der Waals surface area contributed by atoms with Crippen LogP contribution in [0, 0.1) is 0 Å². The summed E-state index contributed by atoms with van der Waals surface area (Å²) in [5.41, 5.74) is 0. The van der Waals surface area contributed by atoms with Gasteiger partial charge in [-0.15, -0.1) is 0 Å². The molecule has 0 atom stereocenters. The molecule has 28 valence electrons. The van der Waals surface area contributed by atoms with Gasteiger partial charge in [0.15, 0.2) is 0 Å². The Balaban J connectivity index is 2.84. The first-order valence-corrected chi connectivity index (χ1v) is 1.63. The van der Waals surface area contributed by atoms with Crippen molar-refractivity contribution < 1.29 is 5.48 Å². The van der Waals surface area contributed by atoms with E-state index in [1.54, 1.807) is 6.08 Å². The monoisotopic (exact) mass is 72.1 g/mol. The van der Waals surface area contributed by atoms with E-state index < -0.39 is 12.7 Å². The lowest BCUT2D eigenvalue weighted by atomic mass is 10.4. The molecule has 0 spiro atoms. The van der Waals surface area contributed by atoms with Gasteiger partial charge in [-0.3, -0.25) is 0 Å². The highest BCUT2D eigenvalue weighted by molar-refractivity contribution is 4.88. The van der Waals surface area contributed by atoms with E-state index in [9.17, 15) is 0 Å². The third kappa shape index (κ3) is 0.504. The molecule has 0 unspecified atom stereocenters. The number of allylic oxidation sites excluding steroid dienone is 2. The molecule has 0 heteroatoms. The molecule has 0 aromatic rings. The van der Waals surface area contributed by atoms with E-state index in [-0.39, 0.29) is 6.42 Å². The van der Waals surface area contributed by atoms with Gasteiger partial charge >= 0.3 is 0 Å². The first-order chi connectivity index (χ1) is 3.96. The first-order valence-electron chi connectivity index (χ1n) is 3.63. The Kier molecular flexibility index (Phi) is 0.217. The zero-order valence-electron chi connectivity index (χ0n) is 6.86. The summed E-state index contributed by atoms with van der Waals surface area (Å²) in [7, 11) is 0. The van der Waals surface area contributed by atoms with Crippen LogP contribution in [0.3, 0.4) is 0 Å². The van der Waals surface area contributed by atoms with Crippen LogP contribution >= 0.6 is 0 Å². The molecule has 0 heterocycles. The Labute approximate surface area is 38.1 Å². The summed E-state index contributed by atoms with van der Waals surface area (Å²) in [4.78, 5) is 0. The van der Waals surface area contributed by atoms with Gasteiger partial charge in [-0.1, -0.05) is 12.2 Å². The van der Waals surface area contributed by atoms with Crippen LogP contribution in [0.1, 0.15) is 24.6 Å². The molecule has 0 saturated carbocycles. The number of hydrogen-bond acceptors (Lipinski definition) is 0. The lowest BCUT2D eigenvalue weighted by Gasteiger charge is -1.69. The smallest absolute Gasteiger partial charge is 0.0310 e.